The Kier molecular flexibility index (Phi) is 7.59. The van der Waals surface area contributed by atoms with Gasteiger partial charge in [0.1, 0.15) is 41.2 Å². The van der Waals surface area contributed by atoms with Crippen molar-refractivity contribution in [2.45, 2.75) is 32.4 Å². The van der Waals surface area contributed by atoms with E-state index in [2.05, 4.69) is 10.2 Å². The van der Waals surface area contributed by atoms with E-state index < -0.39 is 23.8 Å². The van der Waals surface area contributed by atoms with E-state index in [1.807, 2.05) is 11.4 Å². The van der Waals surface area contributed by atoms with Gasteiger partial charge in [-0.1, -0.05) is 0 Å². The fourth-order valence-corrected chi connectivity index (χ4v) is 8.18. The average Bonchev–Trinajstić information content (AvgIpc) is 3.64. The molecule has 1 saturated carbocycles. The maximum Gasteiger partial charge on any atom is 0.407 e. The summed E-state index contributed by atoms with van der Waals surface area (Å²) in [6.45, 7) is 4.20. The van der Waals surface area contributed by atoms with Gasteiger partial charge in [0.05, 0.1) is 30.5 Å². The Morgan fingerprint density at radius 3 is 2.65 bits per heavy atom. The van der Waals surface area contributed by atoms with Gasteiger partial charge in [0.2, 0.25) is 5.91 Å². The minimum Gasteiger partial charge on any atom is -0.490 e. The highest BCUT2D eigenvalue weighted by Crippen LogP contribution is 2.55. The molecular weight excluding hydrogens is 618 g/mol. The normalized spacial score (nSPS) is 18.8. The molecule has 0 bridgehead atoms. The van der Waals surface area contributed by atoms with Crippen LogP contribution in [0.15, 0.2) is 29.6 Å². The Labute approximate surface area is 267 Å². The molecule has 2 N–H and O–H groups in total. The molecule has 46 heavy (non-hydrogen) atoms. The number of ether oxygens (including phenoxy) is 2. The largest absolute Gasteiger partial charge is 0.490 e. The van der Waals surface area contributed by atoms with Crippen LogP contribution in [-0.2, 0) is 16.1 Å². The SMILES string of the molecule is CNC(=O)C1CC2(C1)CN(c1nc(-c3cc4n(n3)CCN(C(=O)O)[C@@H]4C)c(-c3c(F)cc(F)cc3OCCOC)c3sccc13)C2. The molecule has 0 unspecified atom stereocenters. The predicted molar refractivity (Wildman–Crippen MR) is 168 cm³/mol. The van der Waals surface area contributed by atoms with Crippen molar-refractivity contribution in [2.24, 2.45) is 11.3 Å². The number of halogens is 2. The number of nitrogens with zero attached hydrogens (tertiary/aromatic N) is 5. The molecule has 3 aromatic heterocycles. The topological polar surface area (TPSA) is 122 Å². The maximum atomic E-state index is 16.0. The molecule has 2 fully saturated rings. The number of amides is 2. The molecular formula is C32H34F2N6O5S. The second-order valence-electron chi connectivity index (χ2n) is 12.3. The molecule has 4 aromatic rings. The summed E-state index contributed by atoms with van der Waals surface area (Å²) in [5.74, 6) is -0.750. The summed E-state index contributed by atoms with van der Waals surface area (Å²) in [7, 11) is 3.17. The van der Waals surface area contributed by atoms with Crippen LogP contribution in [0, 0.1) is 23.0 Å². The number of hydrogen-bond donors (Lipinski definition) is 2. The third kappa shape index (κ3) is 4.94. The highest BCUT2D eigenvalue weighted by atomic mass is 32.1. The molecule has 242 valence electrons. The Bertz CT molecular complexity index is 1850. The third-order valence-electron chi connectivity index (χ3n) is 9.48. The Balaban J connectivity index is 1.37. The van der Waals surface area contributed by atoms with Gasteiger partial charge in [-0.3, -0.25) is 14.4 Å². The molecule has 2 aliphatic heterocycles. The summed E-state index contributed by atoms with van der Waals surface area (Å²) in [6, 6.07) is 5.29. The number of benzene rings is 1. The number of rotatable bonds is 8. The zero-order valence-corrected chi connectivity index (χ0v) is 26.5. The van der Waals surface area contributed by atoms with Gasteiger partial charge in [0.25, 0.3) is 0 Å². The zero-order chi connectivity index (χ0) is 32.3. The maximum absolute atomic E-state index is 16.0. The Morgan fingerprint density at radius 2 is 1.93 bits per heavy atom. The summed E-state index contributed by atoms with van der Waals surface area (Å²) >= 11 is 1.42. The van der Waals surface area contributed by atoms with Crippen LogP contribution in [-0.4, -0.2) is 83.8 Å². The van der Waals surface area contributed by atoms with Crippen molar-refractivity contribution >= 4 is 39.2 Å². The fraction of sp³-hybridized carbons (Fsp3) is 0.438. The summed E-state index contributed by atoms with van der Waals surface area (Å²) < 4.78 is 44.1. The third-order valence-corrected chi connectivity index (χ3v) is 10.4. The lowest BCUT2D eigenvalue weighted by Crippen LogP contribution is -2.64. The van der Waals surface area contributed by atoms with Crippen LogP contribution in [0.4, 0.5) is 19.4 Å². The van der Waals surface area contributed by atoms with E-state index in [0.717, 1.165) is 54.0 Å². The molecule has 1 atom stereocenters. The molecule has 5 heterocycles. The van der Waals surface area contributed by atoms with Gasteiger partial charge < -0.3 is 24.8 Å². The van der Waals surface area contributed by atoms with Gasteiger partial charge in [-0.05, 0) is 37.3 Å². The summed E-state index contributed by atoms with van der Waals surface area (Å²) in [4.78, 5) is 32.8. The van der Waals surface area contributed by atoms with E-state index in [1.54, 1.807) is 24.7 Å². The number of aromatic nitrogens is 3. The number of carboxylic acid groups (broad SMARTS) is 1. The van der Waals surface area contributed by atoms with Crippen molar-refractivity contribution in [3.05, 3.63) is 47.0 Å². The molecule has 1 spiro atoms. The number of nitrogens with one attached hydrogen (secondary N) is 1. The molecule has 14 heteroatoms. The number of fused-ring (bicyclic) bond motifs is 2. The molecule has 1 aliphatic carbocycles. The average molecular weight is 653 g/mol. The van der Waals surface area contributed by atoms with E-state index in [1.165, 1.54) is 23.3 Å². The lowest BCUT2D eigenvalue weighted by molar-refractivity contribution is -0.133. The molecule has 2 amide bonds. The fourth-order valence-electron chi connectivity index (χ4n) is 7.23. The minimum absolute atomic E-state index is 0.0152. The van der Waals surface area contributed by atoms with Crippen LogP contribution in [0.5, 0.6) is 5.75 Å². The lowest BCUT2D eigenvalue weighted by Gasteiger charge is -2.59. The lowest BCUT2D eigenvalue weighted by atomic mass is 9.57. The zero-order valence-electron chi connectivity index (χ0n) is 25.7. The second-order valence-corrected chi connectivity index (χ2v) is 13.2. The first-order valence-corrected chi connectivity index (χ1v) is 16.1. The highest BCUT2D eigenvalue weighted by Gasteiger charge is 2.55. The summed E-state index contributed by atoms with van der Waals surface area (Å²) in [5.41, 5.74) is 2.08. The summed E-state index contributed by atoms with van der Waals surface area (Å²) in [6.07, 6.45) is 0.612. The van der Waals surface area contributed by atoms with Crippen LogP contribution < -0.4 is 15.0 Å². The van der Waals surface area contributed by atoms with E-state index in [4.69, 9.17) is 19.6 Å². The molecule has 1 aromatic carbocycles. The number of hydrogen-bond acceptors (Lipinski definition) is 8. The van der Waals surface area contributed by atoms with Gasteiger partial charge in [-0.2, -0.15) is 5.10 Å². The highest BCUT2D eigenvalue weighted by molar-refractivity contribution is 7.18. The predicted octanol–water partition coefficient (Wildman–Crippen LogP) is 5.15. The number of carbonyl (C=O) groups is 2. The number of anilines is 1. The monoisotopic (exact) mass is 652 g/mol. The van der Waals surface area contributed by atoms with Gasteiger partial charge in [0, 0.05) is 72.9 Å². The van der Waals surface area contributed by atoms with Crippen molar-refractivity contribution < 1.29 is 33.0 Å². The molecule has 7 rings (SSSR count). The number of thiophene rings is 1. The standard InChI is InChI=1S/C32H34F2N6O5S/c1-17-23-12-22(37-40(23)6-5-39(17)31(42)43)27-26(25-21(34)10-19(33)11-24(25)45-8-7-44-3)28-20(4-9-46-28)29(36-27)38-15-32(16-38)13-18(14-32)30(41)35-2/h4,9-12,17-18H,5-8,13-16H2,1-3H3,(H,35,41)(H,42,43)/t17-/m1/s1. The van der Waals surface area contributed by atoms with Gasteiger partial charge >= 0.3 is 6.09 Å². The van der Waals surface area contributed by atoms with E-state index >= 15 is 4.39 Å². The second kappa shape index (κ2) is 11.5. The van der Waals surface area contributed by atoms with Crippen LogP contribution in [0.25, 0.3) is 32.6 Å². The van der Waals surface area contributed by atoms with Crippen LogP contribution in [0.2, 0.25) is 0 Å². The molecule has 0 radical (unpaired) electrons. The van der Waals surface area contributed by atoms with Crippen molar-refractivity contribution in [3.8, 4) is 28.3 Å². The smallest absolute Gasteiger partial charge is 0.407 e. The van der Waals surface area contributed by atoms with Crippen molar-refractivity contribution in [2.75, 3.05) is 51.9 Å². The molecule has 11 nitrogen and oxygen atoms in total. The molecule has 3 aliphatic rings. The van der Waals surface area contributed by atoms with Crippen molar-refractivity contribution in [1.82, 2.24) is 25.0 Å². The quantitative estimate of drug-likeness (QED) is 0.251. The number of pyridine rings is 1. The van der Waals surface area contributed by atoms with Crippen molar-refractivity contribution in [1.29, 1.82) is 0 Å². The van der Waals surface area contributed by atoms with E-state index in [-0.39, 0.29) is 48.3 Å². The Morgan fingerprint density at radius 1 is 1.15 bits per heavy atom. The number of methoxy groups -OCH3 is 1. The first-order valence-electron chi connectivity index (χ1n) is 15.2. The Hall–Kier alpha value is -4.30. The van der Waals surface area contributed by atoms with E-state index in [0.29, 0.717) is 29.2 Å². The van der Waals surface area contributed by atoms with Crippen LogP contribution in [0.1, 0.15) is 31.5 Å². The van der Waals surface area contributed by atoms with Gasteiger partial charge in [-0.15, -0.1) is 11.3 Å². The number of carbonyl (C=O) groups excluding carboxylic acids is 1. The van der Waals surface area contributed by atoms with Gasteiger partial charge in [-0.25, -0.2) is 18.6 Å². The molecule has 1 saturated heterocycles. The first-order chi connectivity index (χ1) is 22.1. The first kappa shape index (κ1) is 30.4. The summed E-state index contributed by atoms with van der Waals surface area (Å²) in [5, 5.41) is 20.1. The van der Waals surface area contributed by atoms with Crippen LogP contribution >= 0.6 is 11.3 Å². The van der Waals surface area contributed by atoms with Gasteiger partial charge in [0.15, 0.2) is 0 Å². The van der Waals surface area contributed by atoms with Crippen LogP contribution in [0.3, 0.4) is 0 Å². The van der Waals surface area contributed by atoms with E-state index in [9.17, 15) is 19.1 Å². The van der Waals surface area contributed by atoms with Crippen molar-refractivity contribution in [3.63, 3.8) is 0 Å². The minimum atomic E-state index is -1.02.